The second-order valence-corrected chi connectivity index (χ2v) is 15.1. The molecule has 0 aliphatic rings. The number of fused-ring (bicyclic) bond motifs is 8. The van der Waals surface area contributed by atoms with E-state index in [9.17, 15) is 0 Å². The van der Waals surface area contributed by atoms with E-state index >= 15 is 0 Å². The molecule has 48 heavy (non-hydrogen) atoms. The van der Waals surface area contributed by atoms with E-state index in [1.807, 2.05) is 22.7 Å². The van der Waals surface area contributed by atoms with Gasteiger partial charge in [-0.25, -0.2) is 4.98 Å². The number of rotatable bonds is 5. The Bertz CT molecular complexity index is 2790. The molecule has 0 amide bonds. The minimum atomic E-state index is 1.02. The summed E-state index contributed by atoms with van der Waals surface area (Å²) in [6.45, 7) is 0. The zero-order chi connectivity index (χ0) is 31.6. The molecule has 226 valence electrons. The first-order chi connectivity index (χ1) is 23.8. The monoisotopic (exact) mass is 666 g/mol. The molecule has 0 N–H and O–H groups in total. The summed E-state index contributed by atoms with van der Waals surface area (Å²) in [5, 5.41) is 6.22. The van der Waals surface area contributed by atoms with Crippen LogP contribution in [0.25, 0.3) is 72.3 Å². The molecule has 3 heterocycles. The van der Waals surface area contributed by atoms with Gasteiger partial charge in [0.1, 0.15) is 10.5 Å². The number of hydrogen-bond acceptors (Lipinski definition) is 5. The Labute approximate surface area is 289 Å². The fraction of sp³-hybridized carbons (Fsp3) is 0. The van der Waals surface area contributed by atoms with Crippen molar-refractivity contribution in [2.45, 2.75) is 0 Å². The van der Waals surface area contributed by atoms with Crippen LogP contribution in [-0.4, -0.2) is 4.98 Å². The molecular formula is C43H26N2S3. The van der Waals surface area contributed by atoms with Gasteiger partial charge in [0.25, 0.3) is 0 Å². The van der Waals surface area contributed by atoms with Crippen molar-refractivity contribution in [1.82, 2.24) is 4.98 Å². The Morgan fingerprint density at radius 2 is 1.06 bits per heavy atom. The zero-order valence-electron chi connectivity index (χ0n) is 25.6. The van der Waals surface area contributed by atoms with Gasteiger partial charge in [-0.05, 0) is 42.0 Å². The summed E-state index contributed by atoms with van der Waals surface area (Å²) >= 11 is 5.52. The molecule has 0 atom stereocenters. The number of anilines is 3. The predicted molar refractivity (Wildman–Crippen MR) is 211 cm³/mol. The molecule has 0 fully saturated rings. The summed E-state index contributed by atoms with van der Waals surface area (Å²) in [6.07, 6.45) is 0. The van der Waals surface area contributed by atoms with Gasteiger partial charge in [-0.15, -0.1) is 34.0 Å². The van der Waals surface area contributed by atoms with Crippen molar-refractivity contribution in [3.8, 4) is 21.7 Å². The summed E-state index contributed by atoms with van der Waals surface area (Å²) in [7, 11) is 0. The number of aromatic nitrogens is 1. The van der Waals surface area contributed by atoms with Gasteiger partial charge in [0.05, 0.1) is 16.1 Å². The molecule has 0 bridgehead atoms. The largest absolute Gasteiger partial charge is 0.308 e. The SMILES string of the molecule is c1ccc(-c2nc3c(N(c4ccc5c(c4)sc4ccccc45)c4ccccc4-c4ccccc4)cc4sc5ccccc5c4c3s2)cc1. The predicted octanol–water partition coefficient (Wildman–Crippen LogP) is 13.8. The quantitative estimate of drug-likeness (QED) is 0.182. The van der Waals surface area contributed by atoms with Crippen molar-refractivity contribution in [2.75, 3.05) is 4.90 Å². The van der Waals surface area contributed by atoms with Crippen LogP contribution in [0.5, 0.6) is 0 Å². The van der Waals surface area contributed by atoms with E-state index in [1.165, 1.54) is 56.2 Å². The highest BCUT2D eigenvalue weighted by atomic mass is 32.1. The number of thiophene rings is 2. The normalized spacial score (nSPS) is 11.8. The first kappa shape index (κ1) is 27.8. The van der Waals surface area contributed by atoms with Crippen LogP contribution in [0, 0.1) is 0 Å². The molecule has 3 aromatic heterocycles. The molecule has 10 rings (SSSR count). The van der Waals surface area contributed by atoms with Crippen molar-refractivity contribution in [3.05, 3.63) is 158 Å². The number of para-hydroxylation sites is 1. The lowest BCUT2D eigenvalue weighted by Crippen LogP contribution is -2.11. The van der Waals surface area contributed by atoms with Gasteiger partial charge >= 0.3 is 0 Å². The average Bonchev–Trinajstić information content (AvgIpc) is 3.86. The molecule has 2 nitrogen and oxygen atoms in total. The van der Waals surface area contributed by atoms with E-state index in [0.29, 0.717) is 0 Å². The van der Waals surface area contributed by atoms with Crippen molar-refractivity contribution < 1.29 is 0 Å². The van der Waals surface area contributed by atoms with Crippen LogP contribution in [0.2, 0.25) is 0 Å². The van der Waals surface area contributed by atoms with Gasteiger partial charge in [-0.1, -0.05) is 121 Å². The lowest BCUT2D eigenvalue weighted by molar-refractivity contribution is 1.30. The zero-order valence-corrected chi connectivity index (χ0v) is 28.1. The summed E-state index contributed by atoms with van der Waals surface area (Å²) in [6, 6.07) is 56.9. The third kappa shape index (κ3) is 4.40. The Hall–Kier alpha value is -5.33. The maximum atomic E-state index is 5.47. The highest BCUT2D eigenvalue weighted by molar-refractivity contribution is 7.28. The van der Waals surface area contributed by atoms with Gasteiger partial charge in [-0.2, -0.15) is 0 Å². The highest BCUT2D eigenvalue weighted by Crippen LogP contribution is 2.51. The van der Waals surface area contributed by atoms with Crippen molar-refractivity contribution in [2.24, 2.45) is 0 Å². The van der Waals surface area contributed by atoms with Crippen LogP contribution >= 0.6 is 34.0 Å². The fourth-order valence-corrected chi connectivity index (χ4v) is 10.4. The molecule has 0 aliphatic carbocycles. The molecule has 7 aromatic carbocycles. The van der Waals surface area contributed by atoms with Gasteiger partial charge < -0.3 is 4.90 Å². The standard InChI is InChI=1S/C43H26N2S3/c1-3-13-27(14-4-1)30-17-7-10-20-34(30)45(29-23-24-32-31-18-8-11-21-36(31)46-38(32)25-29)35-26-39-40(33-19-9-12-22-37(33)47-39)42-41(35)44-43(48-42)28-15-5-2-6-16-28/h1-26H. The van der Waals surface area contributed by atoms with Gasteiger partial charge in [0.15, 0.2) is 0 Å². The number of hydrogen-bond donors (Lipinski definition) is 0. The minimum Gasteiger partial charge on any atom is -0.308 e. The van der Waals surface area contributed by atoms with Gasteiger partial charge in [-0.3, -0.25) is 0 Å². The topological polar surface area (TPSA) is 16.1 Å². The first-order valence-electron chi connectivity index (χ1n) is 16.0. The molecular weight excluding hydrogens is 641 g/mol. The van der Waals surface area contributed by atoms with Crippen molar-refractivity contribution in [1.29, 1.82) is 0 Å². The van der Waals surface area contributed by atoms with E-state index in [-0.39, 0.29) is 0 Å². The molecule has 10 aromatic rings. The smallest absolute Gasteiger partial charge is 0.124 e. The average molecular weight is 667 g/mol. The third-order valence-electron chi connectivity index (χ3n) is 9.10. The van der Waals surface area contributed by atoms with E-state index < -0.39 is 0 Å². The van der Waals surface area contributed by atoms with Crippen LogP contribution in [0.4, 0.5) is 17.1 Å². The summed E-state index contributed by atoms with van der Waals surface area (Å²) < 4.78 is 6.37. The van der Waals surface area contributed by atoms with Gasteiger partial charge in [0, 0.05) is 57.2 Å². The summed E-state index contributed by atoms with van der Waals surface area (Å²) in [5.74, 6) is 0. The summed E-state index contributed by atoms with van der Waals surface area (Å²) in [4.78, 5) is 7.93. The Kier molecular flexibility index (Phi) is 6.44. The number of nitrogens with zero attached hydrogens (tertiary/aromatic N) is 2. The lowest BCUT2D eigenvalue weighted by atomic mass is 10.0. The first-order valence-corrected chi connectivity index (χ1v) is 18.4. The van der Waals surface area contributed by atoms with Crippen LogP contribution in [-0.2, 0) is 0 Å². The highest BCUT2D eigenvalue weighted by Gasteiger charge is 2.25. The van der Waals surface area contributed by atoms with Crippen LogP contribution in [0.15, 0.2) is 158 Å². The van der Waals surface area contributed by atoms with Crippen molar-refractivity contribution >= 4 is 102 Å². The number of thiazole rings is 1. The molecule has 0 saturated heterocycles. The summed E-state index contributed by atoms with van der Waals surface area (Å²) in [5.41, 5.74) is 7.86. The Balaban J connectivity index is 1.32. The van der Waals surface area contributed by atoms with E-state index in [0.717, 1.165) is 33.1 Å². The van der Waals surface area contributed by atoms with Crippen LogP contribution in [0.1, 0.15) is 0 Å². The second-order valence-electron chi connectivity index (χ2n) is 11.9. The Morgan fingerprint density at radius 3 is 1.88 bits per heavy atom. The fourth-order valence-electron chi connectivity index (χ4n) is 6.92. The van der Waals surface area contributed by atoms with Gasteiger partial charge in [0.2, 0.25) is 0 Å². The maximum absolute atomic E-state index is 5.47. The number of benzene rings is 7. The van der Waals surface area contributed by atoms with Crippen LogP contribution < -0.4 is 4.90 Å². The molecule has 0 unspecified atom stereocenters. The molecule has 0 aliphatic heterocycles. The van der Waals surface area contributed by atoms with Crippen molar-refractivity contribution in [3.63, 3.8) is 0 Å². The van der Waals surface area contributed by atoms with E-state index in [4.69, 9.17) is 4.98 Å². The molecule has 0 saturated carbocycles. The maximum Gasteiger partial charge on any atom is 0.124 e. The minimum absolute atomic E-state index is 1.02. The molecule has 5 heteroatoms. The van der Waals surface area contributed by atoms with E-state index in [1.54, 1.807) is 11.3 Å². The second kappa shape index (κ2) is 11.1. The Morgan fingerprint density at radius 1 is 0.438 bits per heavy atom. The van der Waals surface area contributed by atoms with Crippen LogP contribution in [0.3, 0.4) is 0 Å². The van der Waals surface area contributed by atoms with E-state index in [2.05, 4.69) is 163 Å². The third-order valence-corrected chi connectivity index (χ3v) is 12.5. The molecule has 0 spiro atoms. The lowest BCUT2D eigenvalue weighted by Gasteiger charge is -2.28. The molecule has 0 radical (unpaired) electrons.